The van der Waals surface area contributed by atoms with Crippen LogP contribution in [-0.4, -0.2) is 16.0 Å². The van der Waals surface area contributed by atoms with Gasteiger partial charge in [-0.25, -0.2) is 4.98 Å². The van der Waals surface area contributed by atoms with Crippen LogP contribution in [0, 0.1) is 6.92 Å². The van der Waals surface area contributed by atoms with Crippen molar-refractivity contribution in [2.24, 2.45) is 0 Å². The maximum absolute atomic E-state index is 12.4. The predicted octanol–water partition coefficient (Wildman–Crippen LogP) is 4.66. The fourth-order valence-corrected chi connectivity index (χ4v) is 3.09. The van der Waals surface area contributed by atoms with Gasteiger partial charge in [-0.05, 0) is 49.4 Å². The molecule has 0 spiro atoms. The van der Waals surface area contributed by atoms with Crippen molar-refractivity contribution in [1.29, 1.82) is 0 Å². The van der Waals surface area contributed by atoms with Crippen molar-refractivity contribution in [3.63, 3.8) is 0 Å². The summed E-state index contributed by atoms with van der Waals surface area (Å²) in [6.07, 6.45) is -5.12. The van der Waals surface area contributed by atoms with Crippen molar-refractivity contribution >= 4 is 28.1 Å². The van der Waals surface area contributed by atoms with Crippen molar-refractivity contribution < 1.29 is 20.9 Å². The molecule has 152 valence electrons. The summed E-state index contributed by atoms with van der Waals surface area (Å²) in [5.41, 5.74) is 6.21. The van der Waals surface area contributed by atoms with Crippen molar-refractivity contribution in [3.05, 3.63) is 76.2 Å². The second-order valence-corrected chi connectivity index (χ2v) is 7.24. The molecule has 1 amide bonds. The summed E-state index contributed by atoms with van der Waals surface area (Å²) in [5, 5.41) is 14.5. The second-order valence-electron chi connectivity index (χ2n) is 6.35. The van der Waals surface area contributed by atoms with E-state index in [1.807, 2.05) is 0 Å². The quantitative estimate of drug-likeness (QED) is 0.472. The fraction of sp³-hybridized carbons (Fsp3) is 0.304. The lowest BCUT2D eigenvalue weighted by atomic mass is 10.00. The first kappa shape index (κ1) is 12.8. The molecule has 0 bridgehead atoms. The Kier molecular flexibility index (Phi) is 4.49. The van der Waals surface area contributed by atoms with E-state index in [-0.39, 0.29) is 71.1 Å². The number of nitrogens with zero attached hydrogens (tertiary/aromatic N) is 1. The number of anilines is 2. The molecular formula is C23H27N3O2S. The van der Waals surface area contributed by atoms with Crippen molar-refractivity contribution in [1.82, 2.24) is 4.98 Å². The van der Waals surface area contributed by atoms with Crippen LogP contribution in [0.25, 0.3) is 0 Å². The summed E-state index contributed by atoms with van der Waals surface area (Å²) in [7, 11) is 0. The Morgan fingerprint density at radius 2 is 2.14 bits per heavy atom. The van der Waals surface area contributed by atoms with Crippen LogP contribution in [0.5, 0.6) is 0 Å². The number of nitrogen functional groups attached to an aromatic ring is 1. The van der Waals surface area contributed by atoms with E-state index in [0.717, 1.165) is 11.3 Å². The third-order valence-electron chi connectivity index (χ3n) is 3.99. The predicted molar refractivity (Wildman–Crippen MR) is 119 cm³/mol. The number of aromatic nitrogens is 1. The van der Waals surface area contributed by atoms with Gasteiger partial charge in [0.1, 0.15) is 0 Å². The fourth-order valence-electron chi connectivity index (χ4n) is 2.59. The molecule has 0 saturated carbocycles. The summed E-state index contributed by atoms with van der Waals surface area (Å²) in [4.78, 5) is 16.3. The van der Waals surface area contributed by atoms with E-state index >= 15 is 0 Å². The zero-order chi connectivity index (χ0) is 27.7. The minimum atomic E-state index is -2.40. The van der Waals surface area contributed by atoms with Gasteiger partial charge in [0, 0.05) is 16.6 Å². The van der Waals surface area contributed by atoms with Crippen LogP contribution in [0.1, 0.15) is 58.7 Å². The van der Waals surface area contributed by atoms with Crippen LogP contribution in [0.4, 0.5) is 10.8 Å². The first-order valence-electron chi connectivity index (χ1n) is 13.0. The average molecular weight is 418 g/mol. The number of aryl methyl sites for hydroxylation is 1. The number of rotatable bonds is 9. The molecule has 1 aromatic heterocycles. The third kappa shape index (κ3) is 6.69. The van der Waals surface area contributed by atoms with Gasteiger partial charge < -0.3 is 16.2 Å². The maximum Gasteiger partial charge on any atom is 0.230 e. The van der Waals surface area contributed by atoms with Crippen molar-refractivity contribution in [2.45, 2.75) is 45.0 Å². The molecule has 3 rings (SSSR count). The molecular weight excluding hydrogens is 382 g/mol. The topological polar surface area (TPSA) is 88.2 Å². The van der Waals surface area contributed by atoms with Gasteiger partial charge in [-0.1, -0.05) is 48.3 Å². The minimum absolute atomic E-state index is 0.0213. The number of thiazole rings is 1. The van der Waals surface area contributed by atoms with Crippen molar-refractivity contribution in [3.8, 4) is 0 Å². The summed E-state index contributed by atoms with van der Waals surface area (Å²) in [6.45, 7) is 1.49. The monoisotopic (exact) mass is 417 g/mol. The van der Waals surface area contributed by atoms with Crippen molar-refractivity contribution in [2.75, 3.05) is 11.1 Å². The first-order valence-corrected chi connectivity index (χ1v) is 9.93. The molecule has 5 nitrogen and oxygen atoms in total. The normalized spacial score (nSPS) is 16.9. The average Bonchev–Trinajstić information content (AvgIpc) is 3.29. The molecule has 4 N–H and O–H groups in total. The van der Waals surface area contributed by atoms with E-state index in [1.54, 1.807) is 0 Å². The number of hydrogen-bond donors (Lipinski definition) is 3. The van der Waals surface area contributed by atoms with E-state index in [1.165, 1.54) is 36.6 Å². The Balaban J connectivity index is 1.63. The minimum Gasteiger partial charge on any atom is -0.388 e. The highest BCUT2D eigenvalue weighted by atomic mass is 32.1. The Hall–Kier alpha value is -2.70. The zero-order valence-electron chi connectivity index (χ0n) is 23.9. The van der Waals surface area contributed by atoms with E-state index in [2.05, 4.69) is 10.3 Å². The van der Waals surface area contributed by atoms with E-state index in [0.29, 0.717) is 5.56 Å². The molecule has 0 unspecified atom stereocenters. The Labute approximate surface area is 186 Å². The summed E-state index contributed by atoms with van der Waals surface area (Å²) < 4.78 is 64.7. The van der Waals surface area contributed by atoms with Gasteiger partial charge in [-0.3, -0.25) is 4.79 Å². The number of nitrogens with one attached hydrogen (secondary N) is 1. The molecule has 0 fully saturated rings. The van der Waals surface area contributed by atoms with E-state index < -0.39 is 24.8 Å². The number of aliphatic hydroxyl groups excluding tert-OH is 1. The standard InChI is InChI=1S/C23H27N3O2S/c1-16-5-4-7-18(13-16)21(27)8-3-2-6-17-9-11-19(12-10-17)25-22(28)14-20-15-29-23(24)26-20/h4-5,7,9-13,15,21,27H,2-3,6,8,14H2,1H3,(H2,24,26)(H,25,28)/t21-/m0/s1/i4D,5D,6D2,7D,13D,14D2. The van der Waals surface area contributed by atoms with Crippen LogP contribution in [-0.2, 0) is 17.5 Å². The lowest BCUT2D eigenvalue weighted by molar-refractivity contribution is -0.115. The molecule has 0 aliphatic heterocycles. The van der Waals surface area contributed by atoms with Gasteiger partial charge in [-0.2, -0.15) is 0 Å². The summed E-state index contributed by atoms with van der Waals surface area (Å²) >= 11 is 1.02. The number of aliphatic hydroxyl groups is 1. The Morgan fingerprint density at radius 1 is 1.34 bits per heavy atom. The summed E-state index contributed by atoms with van der Waals surface area (Å²) in [5.74, 6) is -0.936. The van der Waals surface area contributed by atoms with Crippen LogP contribution in [0.15, 0.2) is 53.8 Å². The lowest BCUT2D eigenvalue weighted by Gasteiger charge is -2.11. The van der Waals surface area contributed by atoms with Gasteiger partial charge in [-0.15, -0.1) is 11.3 Å². The molecule has 0 saturated heterocycles. The smallest absolute Gasteiger partial charge is 0.230 e. The van der Waals surface area contributed by atoms with Gasteiger partial charge in [0.15, 0.2) is 5.13 Å². The van der Waals surface area contributed by atoms with E-state index in [9.17, 15) is 9.90 Å². The molecule has 2 aromatic carbocycles. The Morgan fingerprint density at radius 3 is 2.86 bits per heavy atom. The lowest BCUT2D eigenvalue weighted by Crippen LogP contribution is -2.14. The van der Waals surface area contributed by atoms with Gasteiger partial charge in [0.05, 0.1) is 23.7 Å². The van der Waals surface area contributed by atoms with Gasteiger partial charge in [0.25, 0.3) is 0 Å². The van der Waals surface area contributed by atoms with Crippen LogP contribution in [0.3, 0.4) is 0 Å². The number of benzene rings is 2. The highest BCUT2D eigenvalue weighted by molar-refractivity contribution is 7.13. The van der Waals surface area contributed by atoms with Gasteiger partial charge in [0.2, 0.25) is 5.91 Å². The number of carbonyl (C=O) groups is 1. The molecule has 0 radical (unpaired) electrons. The molecule has 6 heteroatoms. The highest BCUT2D eigenvalue weighted by Gasteiger charge is 2.08. The van der Waals surface area contributed by atoms with E-state index in [4.69, 9.17) is 16.7 Å². The molecule has 0 aliphatic carbocycles. The zero-order valence-corrected chi connectivity index (χ0v) is 16.7. The highest BCUT2D eigenvalue weighted by Crippen LogP contribution is 2.21. The van der Waals surface area contributed by atoms with Crippen LogP contribution >= 0.6 is 11.3 Å². The maximum atomic E-state index is 12.4. The molecule has 29 heavy (non-hydrogen) atoms. The SMILES string of the molecule is [2H]c1c([2H])c(C)c([2H])c([C@@H](O)CCCC([2H])([2H])c2ccc(NC(=O)C([2H])([2H])c3csc(N)n3)cc2)c1[2H]. The number of hydrogen-bond acceptors (Lipinski definition) is 5. The number of carbonyl (C=O) groups excluding carboxylic acids is 1. The van der Waals surface area contributed by atoms with Gasteiger partial charge >= 0.3 is 0 Å². The number of amides is 1. The molecule has 0 aliphatic rings. The second kappa shape index (κ2) is 10.2. The number of nitrogens with two attached hydrogens (primary N) is 1. The summed E-state index contributed by atoms with van der Waals surface area (Å²) in [6, 6.07) is 4.80. The van der Waals surface area contributed by atoms with Crippen LogP contribution in [0.2, 0.25) is 0 Å². The largest absolute Gasteiger partial charge is 0.388 e. The third-order valence-corrected chi connectivity index (χ3v) is 4.67. The first-order chi connectivity index (χ1) is 17.2. The molecule has 1 atom stereocenters. The molecule has 3 aromatic rings. The molecule has 1 heterocycles. The van der Waals surface area contributed by atoms with Crippen LogP contribution < -0.4 is 11.1 Å². The Bertz CT molecular complexity index is 1270.